The van der Waals surface area contributed by atoms with Gasteiger partial charge in [-0.05, 0) is 68.0 Å². The number of methoxy groups -OCH3 is 1. The Hall–Kier alpha value is -3.54. The van der Waals surface area contributed by atoms with Gasteiger partial charge in [-0.25, -0.2) is 0 Å². The Bertz CT molecular complexity index is 1400. The minimum atomic E-state index is -0.00457. The first-order valence-electron chi connectivity index (χ1n) is 12.8. The third-order valence-electron chi connectivity index (χ3n) is 6.80. The number of anilines is 1. The molecule has 0 amide bonds. The molecule has 0 saturated carbocycles. The molecule has 0 aliphatic carbocycles. The van der Waals surface area contributed by atoms with Gasteiger partial charge in [0.2, 0.25) is 5.95 Å². The molecule has 0 unspecified atom stereocenters. The molecule has 4 aromatic rings. The van der Waals surface area contributed by atoms with Crippen LogP contribution in [0.5, 0.6) is 5.75 Å². The van der Waals surface area contributed by atoms with Gasteiger partial charge in [0.1, 0.15) is 11.4 Å². The number of benzene rings is 2. The van der Waals surface area contributed by atoms with Crippen molar-refractivity contribution in [1.82, 2.24) is 14.1 Å². The van der Waals surface area contributed by atoms with E-state index in [4.69, 9.17) is 9.72 Å². The molecule has 0 atom stereocenters. The third-order valence-corrected chi connectivity index (χ3v) is 6.80. The van der Waals surface area contributed by atoms with Crippen LogP contribution in [0, 0.1) is 20.8 Å². The molecule has 36 heavy (non-hydrogen) atoms. The number of fused-ring (bicyclic) bond motifs is 1. The van der Waals surface area contributed by atoms with Crippen LogP contribution < -0.4 is 15.2 Å². The predicted octanol–water partition coefficient (Wildman–Crippen LogP) is 6.01. The van der Waals surface area contributed by atoms with Crippen molar-refractivity contribution in [3.05, 3.63) is 75.2 Å². The summed E-state index contributed by atoms with van der Waals surface area (Å²) in [5.74, 6) is 1.56. The largest absolute Gasteiger partial charge is 0.497 e. The van der Waals surface area contributed by atoms with E-state index in [1.54, 1.807) is 11.7 Å². The van der Waals surface area contributed by atoms with E-state index in [0.29, 0.717) is 11.9 Å². The Morgan fingerprint density at radius 1 is 0.972 bits per heavy atom. The van der Waals surface area contributed by atoms with Crippen LogP contribution in [-0.4, -0.2) is 34.3 Å². The van der Waals surface area contributed by atoms with Gasteiger partial charge in [-0.15, -0.1) is 0 Å². The van der Waals surface area contributed by atoms with Gasteiger partial charge < -0.3 is 14.2 Å². The van der Waals surface area contributed by atoms with Gasteiger partial charge in [0.15, 0.2) is 0 Å². The molecule has 0 bridgehead atoms. The minimum Gasteiger partial charge on any atom is -0.497 e. The van der Waals surface area contributed by atoms with Crippen molar-refractivity contribution in [2.45, 2.75) is 54.0 Å². The topological polar surface area (TPSA) is 52.3 Å². The molecule has 0 aliphatic heterocycles. The van der Waals surface area contributed by atoms with E-state index in [9.17, 15) is 4.79 Å². The summed E-state index contributed by atoms with van der Waals surface area (Å²) in [5, 5.41) is 0.678. The van der Waals surface area contributed by atoms with Crippen LogP contribution in [0.15, 0.2) is 47.4 Å². The molecule has 4 rings (SSSR count). The normalized spacial score (nSPS) is 11.3. The number of hydrogen-bond acceptors (Lipinski definition) is 4. The molecule has 2 heterocycles. The summed E-state index contributed by atoms with van der Waals surface area (Å²) in [6, 6.07) is 12.4. The molecule has 6 heteroatoms. The van der Waals surface area contributed by atoms with Crippen LogP contribution >= 0.6 is 0 Å². The van der Waals surface area contributed by atoms with Crippen molar-refractivity contribution in [1.29, 1.82) is 0 Å². The molecule has 2 aromatic heterocycles. The lowest BCUT2D eigenvalue weighted by Gasteiger charge is -2.24. The second kappa shape index (κ2) is 10.6. The van der Waals surface area contributed by atoms with E-state index < -0.39 is 0 Å². The van der Waals surface area contributed by atoms with Crippen molar-refractivity contribution in [3.8, 4) is 16.9 Å². The Morgan fingerprint density at radius 2 is 1.58 bits per heavy atom. The first kappa shape index (κ1) is 25.5. The first-order valence-corrected chi connectivity index (χ1v) is 12.8. The fraction of sp³-hybridized carbons (Fsp3) is 0.400. The Balaban J connectivity index is 1.99. The van der Waals surface area contributed by atoms with E-state index >= 15 is 0 Å². The lowest BCUT2D eigenvalue weighted by molar-refractivity contribution is 0.414. The highest BCUT2D eigenvalue weighted by Gasteiger charge is 2.22. The maximum Gasteiger partial charge on any atom is 0.264 e. The number of ether oxygens (including phenoxy) is 1. The lowest BCUT2D eigenvalue weighted by atomic mass is 9.94. The average molecular weight is 487 g/mol. The predicted molar refractivity (Wildman–Crippen MR) is 150 cm³/mol. The molecular weight excluding hydrogens is 448 g/mol. The molecule has 0 saturated heterocycles. The van der Waals surface area contributed by atoms with Crippen LogP contribution in [0.4, 0.5) is 5.95 Å². The second-order valence-electron chi connectivity index (χ2n) is 9.75. The molecular formula is C30H38N4O2. The van der Waals surface area contributed by atoms with Gasteiger partial charge >= 0.3 is 0 Å². The highest BCUT2D eigenvalue weighted by molar-refractivity contribution is 5.96. The summed E-state index contributed by atoms with van der Waals surface area (Å²) in [4.78, 5) is 21.3. The van der Waals surface area contributed by atoms with Crippen molar-refractivity contribution >= 4 is 17.0 Å². The zero-order valence-corrected chi connectivity index (χ0v) is 22.7. The molecule has 0 fully saturated rings. The van der Waals surface area contributed by atoms with Crippen LogP contribution in [0.25, 0.3) is 22.2 Å². The van der Waals surface area contributed by atoms with Gasteiger partial charge in [0, 0.05) is 38.4 Å². The maximum atomic E-state index is 14.0. The summed E-state index contributed by atoms with van der Waals surface area (Å²) in [5.41, 5.74) is 7.47. The molecule has 6 nitrogen and oxygen atoms in total. The fourth-order valence-corrected chi connectivity index (χ4v) is 5.28. The molecule has 0 N–H and O–H groups in total. The molecule has 190 valence electrons. The van der Waals surface area contributed by atoms with Crippen molar-refractivity contribution in [3.63, 3.8) is 0 Å². The molecule has 2 aromatic carbocycles. The summed E-state index contributed by atoms with van der Waals surface area (Å²) >= 11 is 0. The zero-order valence-electron chi connectivity index (χ0n) is 22.7. The summed E-state index contributed by atoms with van der Waals surface area (Å²) in [6.45, 7) is 13.0. The molecule has 0 aliphatic rings. The van der Waals surface area contributed by atoms with E-state index in [0.717, 1.165) is 60.0 Å². The summed E-state index contributed by atoms with van der Waals surface area (Å²) < 4.78 is 9.20. The molecule has 0 spiro atoms. The third kappa shape index (κ3) is 4.77. The average Bonchev–Trinajstić information content (AvgIpc) is 3.18. The first-order chi connectivity index (χ1) is 17.3. The van der Waals surface area contributed by atoms with E-state index in [1.807, 2.05) is 19.2 Å². The number of rotatable bonds is 9. The van der Waals surface area contributed by atoms with Crippen LogP contribution in [-0.2, 0) is 13.6 Å². The lowest BCUT2D eigenvalue weighted by Crippen LogP contribution is -2.33. The smallest absolute Gasteiger partial charge is 0.264 e. The van der Waals surface area contributed by atoms with Gasteiger partial charge in [0.25, 0.3) is 5.56 Å². The number of aryl methyl sites for hydroxylation is 3. The second-order valence-corrected chi connectivity index (χ2v) is 9.75. The van der Waals surface area contributed by atoms with Crippen LogP contribution in [0.1, 0.15) is 48.9 Å². The number of hydrogen-bond donors (Lipinski definition) is 0. The highest BCUT2D eigenvalue weighted by Crippen LogP contribution is 2.34. The Kier molecular flexibility index (Phi) is 7.53. The summed E-state index contributed by atoms with van der Waals surface area (Å²) in [7, 11) is 3.52. The maximum absolute atomic E-state index is 14.0. The van der Waals surface area contributed by atoms with Gasteiger partial charge in [-0.3, -0.25) is 9.36 Å². The van der Waals surface area contributed by atoms with E-state index in [2.05, 4.69) is 74.5 Å². The SMILES string of the molecule is CCCN(CCC)c1nc2c(c(-c3c(C)cc(C)cc3C)cn2Cc2ccc(OC)cc2)c(=O)n1C. The van der Waals surface area contributed by atoms with Crippen molar-refractivity contribution < 1.29 is 4.74 Å². The fourth-order valence-electron chi connectivity index (χ4n) is 5.28. The monoisotopic (exact) mass is 486 g/mol. The zero-order chi connectivity index (χ0) is 26.0. The minimum absolute atomic E-state index is 0.00457. The highest BCUT2D eigenvalue weighted by atomic mass is 16.5. The number of nitrogens with zero attached hydrogens (tertiary/aromatic N) is 4. The Labute approximate surface area is 214 Å². The number of aromatic nitrogens is 3. The summed E-state index contributed by atoms with van der Waals surface area (Å²) in [6.07, 6.45) is 4.10. The van der Waals surface area contributed by atoms with Crippen LogP contribution in [0.2, 0.25) is 0 Å². The van der Waals surface area contributed by atoms with Crippen molar-refractivity contribution in [2.24, 2.45) is 7.05 Å². The van der Waals surface area contributed by atoms with Gasteiger partial charge in [0.05, 0.1) is 12.5 Å². The van der Waals surface area contributed by atoms with E-state index in [-0.39, 0.29) is 5.56 Å². The van der Waals surface area contributed by atoms with Gasteiger partial charge in [-0.1, -0.05) is 43.7 Å². The van der Waals surface area contributed by atoms with Crippen molar-refractivity contribution in [2.75, 3.05) is 25.1 Å². The van der Waals surface area contributed by atoms with Gasteiger partial charge in [-0.2, -0.15) is 4.98 Å². The van der Waals surface area contributed by atoms with Crippen LogP contribution in [0.3, 0.4) is 0 Å². The standard InChI is InChI=1S/C30H38N4O2/c1-8-14-33(15-9-2)30-31-28-27(29(35)32(30)6)25(26-21(4)16-20(3)17-22(26)5)19-34(28)18-23-10-12-24(36-7)13-11-23/h10-13,16-17,19H,8-9,14-15,18H2,1-7H3. The molecule has 0 radical (unpaired) electrons. The Morgan fingerprint density at radius 3 is 2.14 bits per heavy atom. The van der Waals surface area contributed by atoms with E-state index in [1.165, 1.54) is 16.7 Å². The quantitative estimate of drug-likeness (QED) is 0.291.